The summed E-state index contributed by atoms with van der Waals surface area (Å²) in [5.41, 5.74) is 1.24. The second kappa shape index (κ2) is 5.17. The number of rotatable bonds is 2. The van der Waals surface area contributed by atoms with Crippen LogP contribution in [0, 0.1) is 5.92 Å². The molecular weight excluding hydrogens is 242 g/mol. The van der Waals surface area contributed by atoms with Crippen LogP contribution in [0.2, 0.25) is 0 Å². The minimum Gasteiger partial charge on any atom is -0.465 e. The molecule has 5 nitrogen and oxygen atoms in total. The van der Waals surface area contributed by atoms with Crippen LogP contribution < -0.4 is 0 Å². The van der Waals surface area contributed by atoms with Gasteiger partial charge in [-0.25, -0.2) is 4.79 Å². The third-order valence-electron chi connectivity index (χ3n) is 4.33. The van der Waals surface area contributed by atoms with Gasteiger partial charge in [-0.1, -0.05) is 6.07 Å². The number of hydrogen-bond acceptors (Lipinski definition) is 3. The van der Waals surface area contributed by atoms with Crippen molar-refractivity contribution in [3.63, 3.8) is 0 Å². The van der Waals surface area contributed by atoms with Crippen LogP contribution >= 0.6 is 0 Å². The first-order valence-corrected chi connectivity index (χ1v) is 6.85. The van der Waals surface area contributed by atoms with Gasteiger partial charge in [0.25, 0.3) is 0 Å². The fourth-order valence-electron chi connectivity index (χ4n) is 3.38. The van der Waals surface area contributed by atoms with E-state index in [-0.39, 0.29) is 0 Å². The highest BCUT2D eigenvalue weighted by Crippen LogP contribution is 2.32. The van der Waals surface area contributed by atoms with Crippen LogP contribution in [0.1, 0.15) is 18.4 Å². The molecule has 3 rings (SSSR count). The predicted molar refractivity (Wildman–Crippen MR) is 70.8 cm³/mol. The van der Waals surface area contributed by atoms with E-state index in [0.717, 1.165) is 25.9 Å². The standard InChI is InChI=1S/C14H19N3O2/c18-14(19)17-7-4-13-12(10-17)3-6-16(13)9-11-2-1-5-15-8-11/h1-2,5,8,12-13H,3-4,6-7,9-10H2,(H,18,19). The molecule has 2 atom stereocenters. The van der Waals surface area contributed by atoms with Gasteiger partial charge in [-0.05, 0) is 36.9 Å². The molecule has 0 bridgehead atoms. The van der Waals surface area contributed by atoms with E-state index in [1.807, 2.05) is 12.3 Å². The van der Waals surface area contributed by atoms with Crippen molar-refractivity contribution in [2.24, 2.45) is 5.92 Å². The average molecular weight is 261 g/mol. The molecule has 2 aliphatic rings. The number of likely N-dealkylation sites (tertiary alicyclic amines) is 2. The summed E-state index contributed by atoms with van der Waals surface area (Å²) in [6.07, 6.45) is 5.00. The molecule has 0 radical (unpaired) electrons. The van der Waals surface area contributed by atoms with Crippen molar-refractivity contribution in [2.45, 2.75) is 25.4 Å². The average Bonchev–Trinajstić information content (AvgIpc) is 2.82. The van der Waals surface area contributed by atoms with Crippen LogP contribution in [0.25, 0.3) is 0 Å². The van der Waals surface area contributed by atoms with Crippen LogP contribution in [-0.2, 0) is 6.54 Å². The molecule has 1 N–H and O–H groups in total. The highest BCUT2D eigenvalue weighted by Gasteiger charge is 2.39. The van der Waals surface area contributed by atoms with E-state index < -0.39 is 6.09 Å². The van der Waals surface area contributed by atoms with Crippen molar-refractivity contribution in [2.75, 3.05) is 19.6 Å². The Morgan fingerprint density at radius 3 is 3.05 bits per heavy atom. The van der Waals surface area contributed by atoms with Gasteiger partial charge in [-0.15, -0.1) is 0 Å². The van der Waals surface area contributed by atoms with Gasteiger partial charge in [0.1, 0.15) is 0 Å². The molecule has 3 heterocycles. The van der Waals surface area contributed by atoms with Gasteiger partial charge in [0.05, 0.1) is 0 Å². The number of hydrogen-bond donors (Lipinski definition) is 1. The van der Waals surface area contributed by atoms with E-state index in [1.54, 1.807) is 11.1 Å². The molecule has 0 aliphatic carbocycles. The minimum absolute atomic E-state index is 0.501. The highest BCUT2D eigenvalue weighted by atomic mass is 16.4. The SMILES string of the molecule is O=C(O)N1CCC2C(CCN2Cc2cccnc2)C1. The second-order valence-electron chi connectivity index (χ2n) is 5.47. The third kappa shape index (κ3) is 2.56. The maximum absolute atomic E-state index is 11.0. The number of carbonyl (C=O) groups is 1. The number of piperidine rings is 1. The third-order valence-corrected chi connectivity index (χ3v) is 4.33. The van der Waals surface area contributed by atoms with E-state index in [4.69, 9.17) is 5.11 Å². The molecule has 2 aliphatic heterocycles. The lowest BCUT2D eigenvalue weighted by molar-refractivity contribution is 0.0922. The van der Waals surface area contributed by atoms with Crippen molar-refractivity contribution >= 4 is 6.09 Å². The summed E-state index contributed by atoms with van der Waals surface area (Å²) in [6.45, 7) is 3.36. The zero-order valence-electron chi connectivity index (χ0n) is 10.9. The number of carboxylic acid groups (broad SMARTS) is 1. The van der Waals surface area contributed by atoms with Gasteiger partial charge in [0.2, 0.25) is 0 Å². The van der Waals surface area contributed by atoms with Crippen molar-refractivity contribution < 1.29 is 9.90 Å². The molecule has 0 spiro atoms. The summed E-state index contributed by atoms with van der Waals surface area (Å²) in [5, 5.41) is 9.06. The Bertz CT molecular complexity index is 451. The number of pyridine rings is 1. The molecule has 19 heavy (non-hydrogen) atoms. The van der Waals surface area contributed by atoms with Crippen molar-refractivity contribution in [1.29, 1.82) is 0 Å². The summed E-state index contributed by atoms with van der Waals surface area (Å²) in [7, 11) is 0. The van der Waals surface area contributed by atoms with Gasteiger partial charge in [-0.3, -0.25) is 9.88 Å². The highest BCUT2D eigenvalue weighted by molar-refractivity contribution is 5.65. The Balaban J connectivity index is 1.63. The van der Waals surface area contributed by atoms with Crippen molar-refractivity contribution in [3.05, 3.63) is 30.1 Å². The summed E-state index contributed by atoms with van der Waals surface area (Å²) in [4.78, 5) is 19.2. The number of aromatic nitrogens is 1. The molecule has 102 valence electrons. The molecule has 0 saturated carbocycles. The van der Waals surface area contributed by atoms with E-state index in [0.29, 0.717) is 25.0 Å². The smallest absolute Gasteiger partial charge is 0.407 e. The number of nitrogens with zero attached hydrogens (tertiary/aromatic N) is 3. The molecule has 5 heteroatoms. The molecule has 1 aromatic rings. The molecule has 0 aromatic carbocycles. The second-order valence-corrected chi connectivity index (χ2v) is 5.47. The van der Waals surface area contributed by atoms with Crippen LogP contribution in [0.15, 0.2) is 24.5 Å². The maximum atomic E-state index is 11.0. The molecule has 2 unspecified atom stereocenters. The quantitative estimate of drug-likeness (QED) is 0.879. The monoisotopic (exact) mass is 261 g/mol. The lowest BCUT2D eigenvalue weighted by Crippen LogP contribution is -2.47. The Hall–Kier alpha value is -1.62. The molecular formula is C14H19N3O2. The largest absolute Gasteiger partial charge is 0.465 e. The van der Waals surface area contributed by atoms with Crippen LogP contribution in [-0.4, -0.2) is 51.7 Å². The van der Waals surface area contributed by atoms with Crippen LogP contribution in [0.4, 0.5) is 4.79 Å². The molecule has 1 aromatic heterocycles. The zero-order chi connectivity index (χ0) is 13.2. The fourth-order valence-corrected chi connectivity index (χ4v) is 3.38. The molecule has 1 amide bonds. The Morgan fingerprint density at radius 2 is 2.32 bits per heavy atom. The number of fused-ring (bicyclic) bond motifs is 1. The Labute approximate surface area is 112 Å². The van der Waals surface area contributed by atoms with Gasteiger partial charge < -0.3 is 10.0 Å². The first kappa shape index (κ1) is 12.4. The molecule has 2 fully saturated rings. The normalized spacial score (nSPS) is 27.3. The number of amides is 1. The zero-order valence-corrected chi connectivity index (χ0v) is 10.9. The summed E-state index contributed by atoms with van der Waals surface area (Å²) in [5.74, 6) is 0.501. The first-order chi connectivity index (χ1) is 9.24. The summed E-state index contributed by atoms with van der Waals surface area (Å²) < 4.78 is 0. The van der Waals surface area contributed by atoms with E-state index in [2.05, 4.69) is 16.0 Å². The van der Waals surface area contributed by atoms with Crippen LogP contribution in [0.5, 0.6) is 0 Å². The van der Waals surface area contributed by atoms with Gasteiger partial charge in [-0.2, -0.15) is 0 Å². The lowest BCUT2D eigenvalue weighted by Gasteiger charge is -2.36. The van der Waals surface area contributed by atoms with Crippen molar-refractivity contribution in [1.82, 2.24) is 14.8 Å². The topological polar surface area (TPSA) is 56.7 Å². The Kier molecular flexibility index (Phi) is 3.38. The minimum atomic E-state index is -0.774. The van der Waals surface area contributed by atoms with Crippen molar-refractivity contribution in [3.8, 4) is 0 Å². The summed E-state index contributed by atoms with van der Waals surface area (Å²) in [6, 6.07) is 4.61. The van der Waals surface area contributed by atoms with Gasteiger partial charge >= 0.3 is 6.09 Å². The summed E-state index contributed by atoms with van der Waals surface area (Å²) >= 11 is 0. The predicted octanol–water partition coefficient (Wildman–Crippen LogP) is 1.66. The lowest BCUT2D eigenvalue weighted by atomic mass is 9.93. The van der Waals surface area contributed by atoms with Crippen LogP contribution in [0.3, 0.4) is 0 Å². The fraction of sp³-hybridized carbons (Fsp3) is 0.571. The van der Waals surface area contributed by atoms with Gasteiger partial charge in [0, 0.05) is 38.1 Å². The van der Waals surface area contributed by atoms with E-state index in [9.17, 15) is 4.79 Å². The maximum Gasteiger partial charge on any atom is 0.407 e. The van der Waals surface area contributed by atoms with Gasteiger partial charge in [0.15, 0.2) is 0 Å². The Morgan fingerprint density at radius 1 is 1.42 bits per heavy atom. The van der Waals surface area contributed by atoms with E-state index in [1.165, 1.54) is 5.56 Å². The first-order valence-electron chi connectivity index (χ1n) is 6.85. The van der Waals surface area contributed by atoms with E-state index >= 15 is 0 Å². The molecule has 2 saturated heterocycles.